The lowest BCUT2D eigenvalue weighted by Gasteiger charge is -2.17. The third-order valence-corrected chi connectivity index (χ3v) is 4.18. The number of fused-ring (bicyclic) bond motifs is 3. The number of hydrogen-bond acceptors (Lipinski definition) is 1. The van der Waals surface area contributed by atoms with Crippen molar-refractivity contribution in [1.29, 1.82) is 0 Å². The first-order valence-electron chi connectivity index (χ1n) is 6.52. The summed E-state index contributed by atoms with van der Waals surface area (Å²) in [6.45, 7) is 0. The van der Waals surface area contributed by atoms with E-state index in [0.717, 1.165) is 42.1 Å². The number of rotatable bonds is 2. The maximum absolute atomic E-state index is 12.1. The summed E-state index contributed by atoms with van der Waals surface area (Å²) in [6.07, 6.45) is 5.32. The zero-order chi connectivity index (χ0) is 12.5. The quantitative estimate of drug-likeness (QED) is 0.848. The monoisotopic (exact) mass is 305 g/mol. The van der Waals surface area contributed by atoms with Crippen LogP contribution < -0.4 is 5.56 Å². The highest BCUT2D eigenvalue weighted by Crippen LogP contribution is 2.26. The second-order valence-electron chi connectivity index (χ2n) is 4.94. The molecular formula is C15H16BrNO. The van der Waals surface area contributed by atoms with Crippen molar-refractivity contribution in [1.82, 2.24) is 4.98 Å². The Morgan fingerprint density at radius 1 is 1.17 bits per heavy atom. The number of alkyl halides is 1. The van der Waals surface area contributed by atoms with Gasteiger partial charge in [0.1, 0.15) is 0 Å². The van der Waals surface area contributed by atoms with Gasteiger partial charge >= 0.3 is 0 Å². The first-order chi connectivity index (χ1) is 8.79. The molecule has 1 aliphatic carbocycles. The van der Waals surface area contributed by atoms with E-state index >= 15 is 0 Å². The van der Waals surface area contributed by atoms with E-state index in [1.54, 1.807) is 0 Å². The molecule has 1 aliphatic rings. The van der Waals surface area contributed by atoms with E-state index < -0.39 is 0 Å². The molecule has 0 aliphatic heterocycles. The largest absolute Gasteiger partial charge is 0.322 e. The van der Waals surface area contributed by atoms with E-state index in [1.807, 2.05) is 0 Å². The summed E-state index contributed by atoms with van der Waals surface area (Å²) in [5.41, 5.74) is 4.69. The fraction of sp³-hybridized carbons (Fsp3) is 0.400. The highest BCUT2D eigenvalue weighted by atomic mass is 79.9. The van der Waals surface area contributed by atoms with Gasteiger partial charge in [0.2, 0.25) is 0 Å². The normalized spacial score (nSPS) is 14.7. The Hall–Kier alpha value is -1.09. The Kier molecular flexibility index (Phi) is 3.25. The predicted octanol–water partition coefficient (Wildman–Crippen LogP) is 3.34. The summed E-state index contributed by atoms with van der Waals surface area (Å²) in [4.78, 5) is 15.1. The van der Waals surface area contributed by atoms with Gasteiger partial charge in [0.05, 0.1) is 0 Å². The molecule has 0 radical (unpaired) electrons. The number of hydrogen-bond donors (Lipinski definition) is 1. The Balaban J connectivity index is 2.23. The van der Waals surface area contributed by atoms with Gasteiger partial charge in [-0.25, -0.2) is 0 Å². The molecule has 1 aromatic carbocycles. The molecule has 0 saturated carbocycles. The molecule has 1 aromatic heterocycles. The highest BCUT2D eigenvalue weighted by molar-refractivity contribution is 9.09. The Morgan fingerprint density at radius 3 is 2.72 bits per heavy atom. The molecule has 0 saturated heterocycles. The average Bonchev–Trinajstić information content (AvgIpc) is 2.39. The van der Waals surface area contributed by atoms with Crippen molar-refractivity contribution >= 4 is 26.8 Å². The minimum absolute atomic E-state index is 0.119. The van der Waals surface area contributed by atoms with Crippen molar-refractivity contribution in [2.24, 2.45) is 0 Å². The molecule has 3 heteroatoms. The summed E-state index contributed by atoms with van der Waals surface area (Å²) < 4.78 is 0. The van der Waals surface area contributed by atoms with E-state index in [2.05, 4.69) is 39.1 Å². The fourth-order valence-corrected chi connectivity index (χ4v) is 3.33. The van der Waals surface area contributed by atoms with E-state index in [1.165, 1.54) is 22.9 Å². The molecule has 3 rings (SSSR count). The lowest BCUT2D eigenvalue weighted by molar-refractivity contribution is 0.682. The average molecular weight is 306 g/mol. The second kappa shape index (κ2) is 4.88. The smallest absolute Gasteiger partial charge is 0.251 e. The van der Waals surface area contributed by atoms with Gasteiger partial charge in [0.25, 0.3) is 5.56 Å². The minimum atomic E-state index is 0.119. The lowest BCUT2D eigenvalue weighted by atomic mass is 9.89. The number of nitrogens with one attached hydrogen (secondary N) is 1. The first-order valence-corrected chi connectivity index (χ1v) is 7.64. The van der Waals surface area contributed by atoms with E-state index in [9.17, 15) is 4.79 Å². The number of H-pyrrole nitrogens is 1. The van der Waals surface area contributed by atoms with E-state index in [0.29, 0.717) is 0 Å². The van der Waals surface area contributed by atoms with Gasteiger partial charge in [-0.1, -0.05) is 28.1 Å². The van der Waals surface area contributed by atoms with Crippen LogP contribution in [0.2, 0.25) is 0 Å². The van der Waals surface area contributed by atoms with Gasteiger partial charge in [-0.2, -0.15) is 0 Å². The van der Waals surface area contributed by atoms with Crippen LogP contribution in [0.15, 0.2) is 23.0 Å². The summed E-state index contributed by atoms with van der Waals surface area (Å²) >= 11 is 3.45. The molecule has 0 fully saturated rings. The number of aromatic amines is 1. The van der Waals surface area contributed by atoms with Gasteiger partial charge in [0, 0.05) is 21.8 Å². The number of pyridine rings is 1. The molecule has 0 amide bonds. The minimum Gasteiger partial charge on any atom is -0.322 e. The van der Waals surface area contributed by atoms with Gasteiger partial charge < -0.3 is 4.98 Å². The number of aryl methyl sites for hydroxylation is 2. The summed E-state index contributed by atoms with van der Waals surface area (Å²) in [7, 11) is 0. The van der Waals surface area contributed by atoms with Crippen LogP contribution in [-0.4, -0.2) is 10.3 Å². The third kappa shape index (κ3) is 2.01. The number of benzene rings is 1. The van der Waals surface area contributed by atoms with Crippen molar-refractivity contribution in [3.05, 3.63) is 45.2 Å². The van der Waals surface area contributed by atoms with Crippen LogP contribution >= 0.6 is 15.9 Å². The van der Waals surface area contributed by atoms with Gasteiger partial charge in [0.15, 0.2) is 0 Å². The first kappa shape index (κ1) is 12.0. The lowest BCUT2D eigenvalue weighted by Crippen LogP contribution is -2.19. The number of aromatic nitrogens is 1. The van der Waals surface area contributed by atoms with E-state index in [4.69, 9.17) is 0 Å². The molecule has 94 valence electrons. The molecule has 0 spiro atoms. The maximum Gasteiger partial charge on any atom is 0.251 e. The molecule has 18 heavy (non-hydrogen) atoms. The Labute approximate surface area is 115 Å². The predicted molar refractivity (Wildman–Crippen MR) is 78.7 cm³/mol. The zero-order valence-corrected chi connectivity index (χ0v) is 11.8. The van der Waals surface area contributed by atoms with Crippen molar-refractivity contribution in [3.63, 3.8) is 0 Å². The summed E-state index contributed by atoms with van der Waals surface area (Å²) in [5.74, 6) is 0. The maximum atomic E-state index is 12.1. The second-order valence-corrected chi connectivity index (χ2v) is 5.73. The Morgan fingerprint density at radius 2 is 1.94 bits per heavy atom. The van der Waals surface area contributed by atoms with Crippen LogP contribution in [0.3, 0.4) is 0 Å². The van der Waals surface area contributed by atoms with Gasteiger partial charge in [-0.3, -0.25) is 4.79 Å². The van der Waals surface area contributed by atoms with Crippen LogP contribution in [0, 0.1) is 0 Å². The van der Waals surface area contributed by atoms with Crippen LogP contribution in [0.4, 0.5) is 0 Å². The summed E-state index contributed by atoms with van der Waals surface area (Å²) in [5, 5.41) is 2.19. The van der Waals surface area contributed by atoms with E-state index in [-0.39, 0.29) is 5.56 Å². The molecule has 1 N–H and O–H groups in total. The van der Waals surface area contributed by atoms with Crippen molar-refractivity contribution in [3.8, 4) is 0 Å². The topological polar surface area (TPSA) is 32.9 Å². The van der Waals surface area contributed by atoms with Crippen LogP contribution in [0.5, 0.6) is 0 Å². The van der Waals surface area contributed by atoms with Crippen LogP contribution in [0.25, 0.3) is 10.9 Å². The van der Waals surface area contributed by atoms with Gasteiger partial charge in [-0.15, -0.1) is 0 Å². The third-order valence-electron chi connectivity index (χ3n) is 3.78. The van der Waals surface area contributed by atoms with Gasteiger partial charge in [-0.05, 0) is 49.3 Å². The molecule has 0 unspecified atom stereocenters. The number of halogens is 1. The fourth-order valence-electron chi connectivity index (χ4n) is 2.87. The molecule has 2 aromatic rings. The zero-order valence-electron chi connectivity index (χ0n) is 10.3. The highest BCUT2D eigenvalue weighted by Gasteiger charge is 2.16. The molecular weight excluding hydrogens is 290 g/mol. The van der Waals surface area contributed by atoms with Crippen molar-refractivity contribution < 1.29 is 0 Å². The molecule has 0 bridgehead atoms. The van der Waals surface area contributed by atoms with Crippen LogP contribution in [0.1, 0.15) is 29.5 Å². The molecule has 0 atom stereocenters. The SMILES string of the molecule is O=c1[nH]c2cc(CCBr)ccc2c2c1CCCC2. The standard InChI is InChI=1S/C15H16BrNO/c16-8-7-10-5-6-12-11-3-1-2-4-13(11)15(18)17-14(12)9-10/h5-6,9H,1-4,7-8H2,(H,17,18). The molecule has 2 nitrogen and oxygen atoms in total. The summed E-state index contributed by atoms with van der Waals surface area (Å²) in [6, 6.07) is 6.47. The van der Waals surface area contributed by atoms with Crippen molar-refractivity contribution in [2.45, 2.75) is 32.1 Å². The molecule has 1 heterocycles. The van der Waals surface area contributed by atoms with Crippen LogP contribution in [-0.2, 0) is 19.3 Å². The van der Waals surface area contributed by atoms with Crippen molar-refractivity contribution in [2.75, 3.05) is 5.33 Å². The Bertz CT molecular complexity index is 645.